The fourth-order valence-electron chi connectivity index (χ4n) is 11.3. The molecule has 1 aromatic rings. The van der Waals surface area contributed by atoms with Gasteiger partial charge in [-0.2, -0.15) is 0 Å². The first-order valence-electron chi connectivity index (χ1n) is 27.3. The maximum Gasteiger partial charge on any atom is 0.335 e. The Hall–Kier alpha value is -2.87. The third kappa shape index (κ3) is 13.5. The number of aliphatic hydroxyl groups is 20. The number of rotatable bonds is 10. The average molecular weight is 1260 g/mol. The minimum Gasteiger partial charge on any atom is -0.491 e. The van der Waals surface area contributed by atoms with Crippen molar-refractivity contribution in [1.29, 1.82) is 0 Å². The summed E-state index contributed by atoms with van der Waals surface area (Å²) in [5.41, 5.74) is -0.146. The van der Waals surface area contributed by atoms with Gasteiger partial charge in [-0.1, -0.05) is 0 Å². The number of hydrogen-bond acceptors (Lipinski definition) is 36. The van der Waals surface area contributed by atoms with E-state index in [1.54, 1.807) is 0 Å². The van der Waals surface area contributed by atoms with Crippen molar-refractivity contribution < 1.29 is 183 Å². The van der Waals surface area contributed by atoms with E-state index in [2.05, 4.69) is 0 Å². The Bertz CT molecular complexity index is 2280. The molecule has 37 heteroatoms. The summed E-state index contributed by atoms with van der Waals surface area (Å²) in [7, 11) is 0. The van der Waals surface area contributed by atoms with Crippen LogP contribution in [-0.4, -0.2) is 374 Å². The molecule has 22 rings (SSSR count). The molecule has 492 valence electrons. The van der Waals surface area contributed by atoms with Gasteiger partial charge in [0, 0.05) is 0 Å². The average Bonchev–Trinajstić information content (AvgIpc) is 2.53. The standard InChI is InChI=1S/C49H74O37/c50-5-14-35-22(57)29(64)44(74-14)82-37-16(7-52)76-46(31(66)24(37)59)84-39-18(9-54)78-48(33(68)26(39)61)86-41-20(11-72-13-3-1-12(2-4-13)42(70)71)79-49(34(69)27(41)62)85-40-19(10-55)77-47(32(67)25(40)60)83-38-17(8-53)75-45(30(65)23(38)58)81-36-15(6-51)73-43(80-35)28(63)21(36)56/h1-4,14-41,43-69H,5-11H2,(H,70,71)/t14-,15-,16-,17-,18-,19-,20-,21-,22-,23-,24-,25-,26-,27-,28-,29-,30-,31-,32-,33-,34-,35-,36-,37-,38-,39-,40-,41-,43-,44-,45-,46-,47-,48-,49-/m1/s1. The number of benzene rings is 1. The second-order valence-corrected chi connectivity index (χ2v) is 21.6. The lowest BCUT2D eigenvalue weighted by Gasteiger charge is -2.50. The first-order valence-corrected chi connectivity index (χ1v) is 27.3. The Morgan fingerprint density at radius 3 is 0.663 bits per heavy atom. The third-order valence-corrected chi connectivity index (χ3v) is 16.1. The summed E-state index contributed by atoms with van der Waals surface area (Å²) in [6.07, 6.45) is -71.3. The van der Waals surface area contributed by atoms with Crippen LogP contribution in [0.3, 0.4) is 0 Å². The highest BCUT2D eigenvalue weighted by Crippen LogP contribution is 2.39. The number of carboxylic acid groups (broad SMARTS) is 1. The molecule has 21 heterocycles. The molecule has 86 heavy (non-hydrogen) atoms. The summed E-state index contributed by atoms with van der Waals surface area (Å²) in [6, 6.07) is 4.81. The molecule has 0 amide bonds. The van der Waals surface area contributed by atoms with Crippen molar-refractivity contribution in [2.45, 2.75) is 215 Å². The lowest BCUT2D eigenvalue weighted by Crippen LogP contribution is -2.68. The van der Waals surface area contributed by atoms with Gasteiger partial charge in [-0.15, -0.1) is 0 Å². The summed E-state index contributed by atoms with van der Waals surface area (Å²) in [4.78, 5) is 11.5. The molecule has 21 saturated heterocycles. The number of aliphatic hydroxyl groups excluding tert-OH is 20. The molecule has 1 aromatic carbocycles. The maximum absolute atomic E-state index is 11.8. The molecule has 21 aliphatic heterocycles. The van der Waals surface area contributed by atoms with Gasteiger partial charge in [0.2, 0.25) is 0 Å². The van der Waals surface area contributed by atoms with Crippen molar-refractivity contribution in [2.75, 3.05) is 46.2 Å². The topological polar surface area (TPSA) is 580 Å². The highest BCUT2D eigenvalue weighted by Gasteiger charge is 2.59. The van der Waals surface area contributed by atoms with E-state index in [1.807, 2.05) is 0 Å². The molecule has 0 unspecified atom stereocenters. The lowest BCUT2D eigenvalue weighted by molar-refractivity contribution is -0.396. The van der Waals surface area contributed by atoms with Crippen LogP contribution < -0.4 is 4.74 Å². The van der Waals surface area contributed by atoms with Gasteiger partial charge in [0.1, 0.15) is 183 Å². The fraction of sp³-hybridized carbons (Fsp3) is 0.857. The van der Waals surface area contributed by atoms with Crippen LogP contribution in [0.4, 0.5) is 0 Å². The Balaban J connectivity index is 1.02. The van der Waals surface area contributed by atoms with E-state index in [4.69, 9.17) is 71.1 Å². The zero-order chi connectivity index (χ0) is 62.3. The van der Waals surface area contributed by atoms with E-state index >= 15 is 0 Å². The van der Waals surface area contributed by atoms with E-state index in [1.165, 1.54) is 24.3 Å². The quantitative estimate of drug-likeness (QED) is 0.103. The zero-order valence-electron chi connectivity index (χ0n) is 44.9. The van der Waals surface area contributed by atoms with E-state index < -0.39 is 267 Å². The van der Waals surface area contributed by atoms with Gasteiger partial charge in [-0.05, 0) is 24.3 Å². The van der Waals surface area contributed by atoms with Gasteiger partial charge in [0.25, 0.3) is 0 Å². The predicted molar refractivity (Wildman–Crippen MR) is 260 cm³/mol. The number of ether oxygens (including phenoxy) is 15. The minimum atomic E-state index is -2.26. The first-order chi connectivity index (χ1) is 41.0. The van der Waals surface area contributed by atoms with Gasteiger partial charge in [-0.3, -0.25) is 0 Å². The van der Waals surface area contributed by atoms with Crippen LogP contribution in [0.1, 0.15) is 10.4 Å². The van der Waals surface area contributed by atoms with Gasteiger partial charge in [-0.25, -0.2) is 4.79 Å². The monoisotopic (exact) mass is 1250 g/mol. The molecule has 14 bridgehead atoms. The smallest absolute Gasteiger partial charge is 0.335 e. The van der Waals surface area contributed by atoms with Crippen molar-refractivity contribution in [3.8, 4) is 5.75 Å². The molecule has 0 aliphatic carbocycles. The number of carbonyl (C=O) groups is 1. The highest BCUT2D eigenvalue weighted by molar-refractivity contribution is 5.87. The Morgan fingerprint density at radius 1 is 0.291 bits per heavy atom. The van der Waals surface area contributed by atoms with Gasteiger partial charge in [0.15, 0.2) is 44.0 Å². The number of carboxylic acids is 1. The zero-order valence-corrected chi connectivity index (χ0v) is 44.9. The van der Waals surface area contributed by atoms with Crippen LogP contribution in [0.15, 0.2) is 24.3 Å². The fourth-order valence-corrected chi connectivity index (χ4v) is 11.3. The SMILES string of the molecule is O=C(O)c1ccc(OC[C@H]2O[C@@H]3O[C@H]4[C@H](O)[C@@H](O)[C@@H](O[C@H]5[C@H](O)[C@@H](O)[C@@H](O[C@H]6[C@H](O)[C@@H](O)[C@@H](O[C@H]7[C@H](O)[C@@H](O)[C@@H](O[C@H]8[C@H](O)[C@@H](O)[C@@H](O[C@H]9[C@H](O)[C@@H](O)[C@@H](O[C@H]2[C@H](O)[C@H]3O)O[C@@H]9CO)O[C@@H]8CO)O[C@@H]7CO)O[C@@H]6CO)O[C@@H]5CO)O[C@@H]4CO)cc1. The predicted octanol–water partition coefficient (Wildman–Crippen LogP) is -13.4. The molecular formula is C49H74O37. The van der Waals surface area contributed by atoms with Gasteiger partial charge < -0.3 is 178 Å². The van der Waals surface area contributed by atoms with Crippen LogP contribution in [-0.2, 0) is 66.3 Å². The molecule has 21 fully saturated rings. The summed E-state index contributed by atoms with van der Waals surface area (Å²) in [6.45, 7) is -7.12. The second kappa shape index (κ2) is 28.7. The molecule has 35 atom stereocenters. The van der Waals surface area contributed by atoms with Gasteiger partial charge >= 0.3 is 5.97 Å². The van der Waals surface area contributed by atoms with Crippen LogP contribution in [0, 0.1) is 0 Å². The molecule has 0 aromatic heterocycles. The summed E-state index contributed by atoms with van der Waals surface area (Å²) >= 11 is 0. The van der Waals surface area contributed by atoms with Crippen LogP contribution in [0.25, 0.3) is 0 Å². The number of hydrogen-bond donors (Lipinski definition) is 21. The first kappa shape index (κ1) is 67.5. The van der Waals surface area contributed by atoms with Crippen LogP contribution in [0.5, 0.6) is 5.75 Å². The molecule has 0 radical (unpaired) electrons. The van der Waals surface area contributed by atoms with E-state index in [0.29, 0.717) is 0 Å². The largest absolute Gasteiger partial charge is 0.491 e. The summed E-state index contributed by atoms with van der Waals surface area (Å²) in [5, 5.41) is 233. The molecule has 0 spiro atoms. The van der Waals surface area contributed by atoms with E-state index in [0.717, 1.165) is 0 Å². The van der Waals surface area contributed by atoms with E-state index in [-0.39, 0.29) is 11.3 Å². The number of aromatic carboxylic acids is 1. The van der Waals surface area contributed by atoms with Crippen molar-refractivity contribution in [3.63, 3.8) is 0 Å². The molecular weight excluding hydrogens is 1180 g/mol. The molecule has 0 saturated carbocycles. The van der Waals surface area contributed by atoms with E-state index in [9.17, 15) is 112 Å². The van der Waals surface area contributed by atoms with Crippen LogP contribution >= 0.6 is 0 Å². The highest BCUT2D eigenvalue weighted by atomic mass is 16.8. The summed E-state index contributed by atoms with van der Waals surface area (Å²) < 4.78 is 86.7. The molecule has 21 N–H and O–H groups in total. The Labute approximate surface area is 485 Å². The second-order valence-electron chi connectivity index (χ2n) is 21.6. The lowest BCUT2D eigenvalue weighted by atomic mass is 9.95. The summed E-state index contributed by atoms with van der Waals surface area (Å²) in [5.74, 6) is -1.29. The van der Waals surface area contributed by atoms with Gasteiger partial charge in [0.05, 0.1) is 45.2 Å². The van der Waals surface area contributed by atoms with Crippen molar-refractivity contribution in [3.05, 3.63) is 29.8 Å². The van der Waals surface area contributed by atoms with Crippen LogP contribution in [0.2, 0.25) is 0 Å². The molecule has 37 nitrogen and oxygen atoms in total. The maximum atomic E-state index is 11.8. The third-order valence-electron chi connectivity index (χ3n) is 16.1. The minimum absolute atomic E-state index is 0.00926. The van der Waals surface area contributed by atoms with Crippen molar-refractivity contribution >= 4 is 5.97 Å². The van der Waals surface area contributed by atoms with Crippen molar-refractivity contribution in [2.24, 2.45) is 0 Å². The Kier molecular flexibility index (Phi) is 22.6. The molecule has 21 aliphatic rings. The van der Waals surface area contributed by atoms with Crippen molar-refractivity contribution in [1.82, 2.24) is 0 Å². The Morgan fingerprint density at radius 2 is 0.477 bits per heavy atom. The normalized spacial score (nSPS) is 50.7.